The molecule has 7 nitrogen and oxygen atoms in total. The van der Waals surface area contributed by atoms with Crippen LogP contribution in [0.15, 0.2) is 70.7 Å². The Kier molecular flexibility index (Phi) is 7.23. The zero-order chi connectivity index (χ0) is 25.1. The van der Waals surface area contributed by atoms with Crippen LogP contribution in [-0.4, -0.2) is 25.0 Å². The molecule has 1 fully saturated rings. The fraction of sp³-hybridized carbons (Fsp3) is 0.115. The third kappa shape index (κ3) is 5.39. The second-order valence-corrected chi connectivity index (χ2v) is 9.00. The Labute approximate surface area is 215 Å². The molecule has 0 aliphatic carbocycles. The summed E-state index contributed by atoms with van der Waals surface area (Å²) in [4.78, 5) is 39.4. The smallest absolute Gasteiger partial charge is 0.335 e. The number of benzene rings is 3. The van der Waals surface area contributed by atoms with Gasteiger partial charge in [0.25, 0.3) is 11.8 Å². The summed E-state index contributed by atoms with van der Waals surface area (Å²) in [5, 5.41) is 2.82. The van der Waals surface area contributed by atoms with Gasteiger partial charge in [0.15, 0.2) is 0 Å². The molecule has 0 unspecified atom stereocenters. The average Bonchev–Trinajstić information content (AvgIpc) is 2.83. The lowest BCUT2D eigenvalue weighted by molar-refractivity contribution is -0.122. The van der Waals surface area contributed by atoms with Crippen LogP contribution in [0.3, 0.4) is 0 Å². The van der Waals surface area contributed by atoms with Gasteiger partial charge in [0.1, 0.15) is 23.7 Å². The van der Waals surface area contributed by atoms with Gasteiger partial charge in [0, 0.05) is 21.1 Å². The number of ether oxygens (including phenoxy) is 2. The molecule has 1 aliphatic rings. The van der Waals surface area contributed by atoms with E-state index in [9.17, 15) is 14.4 Å². The van der Waals surface area contributed by atoms with E-state index in [1.807, 2.05) is 19.1 Å². The Morgan fingerprint density at radius 1 is 1.06 bits per heavy atom. The number of methoxy groups -OCH3 is 1. The van der Waals surface area contributed by atoms with Crippen molar-refractivity contribution < 1.29 is 23.9 Å². The minimum atomic E-state index is -0.814. The number of anilines is 1. The fourth-order valence-corrected chi connectivity index (χ4v) is 3.95. The lowest BCUT2D eigenvalue weighted by Gasteiger charge is -2.27. The molecule has 0 saturated carbocycles. The Bertz CT molecular complexity index is 1370. The van der Waals surface area contributed by atoms with E-state index in [0.717, 1.165) is 20.5 Å². The van der Waals surface area contributed by atoms with Gasteiger partial charge in [-0.2, -0.15) is 0 Å². The van der Waals surface area contributed by atoms with Gasteiger partial charge in [0.05, 0.1) is 12.8 Å². The molecule has 0 radical (unpaired) electrons. The van der Waals surface area contributed by atoms with Crippen molar-refractivity contribution in [1.82, 2.24) is 5.32 Å². The molecule has 4 rings (SSSR count). The molecular formula is C26H20BrClN2O5. The molecule has 0 aromatic heterocycles. The van der Waals surface area contributed by atoms with E-state index in [0.29, 0.717) is 27.8 Å². The maximum Gasteiger partial charge on any atom is 0.335 e. The first-order valence-corrected chi connectivity index (χ1v) is 11.7. The first-order chi connectivity index (χ1) is 16.8. The maximum atomic E-state index is 13.3. The summed E-state index contributed by atoms with van der Waals surface area (Å²) in [7, 11) is 1.52. The van der Waals surface area contributed by atoms with Crippen LogP contribution in [0.2, 0.25) is 5.02 Å². The van der Waals surface area contributed by atoms with Gasteiger partial charge in [-0.1, -0.05) is 39.7 Å². The second kappa shape index (κ2) is 10.3. The predicted octanol–water partition coefficient (Wildman–Crippen LogP) is 5.66. The largest absolute Gasteiger partial charge is 0.497 e. The van der Waals surface area contributed by atoms with E-state index in [2.05, 4.69) is 21.2 Å². The molecule has 1 heterocycles. The van der Waals surface area contributed by atoms with Crippen molar-refractivity contribution in [2.24, 2.45) is 0 Å². The number of halogens is 2. The number of aryl methyl sites for hydroxylation is 1. The van der Waals surface area contributed by atoms with Crippen LogP contribution in [0, 0.1) is 6.92 Å². The number of hydrogen-bond acceptors (Lipinski definition) is 5. The number of amides is 4. The lowest BCUT2D eigenvalue weighted by atomic mass is 10.1. The SMILES string of the molecule is COc1ccc(/C=C2/C(=O)NC(=O)N(c3ccc(Br)c(C)c3)C2=O)c(OCc2cccc(Cl)c2)c1. The van der Waals surface area contributed by atoms with Crippen molar-refractivity contribution in [1.29, 1.82) is 0 Å². The first-order valence-electron chi connectivity index (χ1n) is 10.5. The number of barbiturate groups is 1. The van der Waals surface area contributed by atoms with E-state index in [1.54, 1.807) is 48.5 Å². The summed E-state index contributed by atoms with van der Waals surface area (Å²) in [6, 6.07) is 16.5. The third-order valence-electron chi connectivity index (χ3n) is 5.31. The highest BCUT2D eigenvalue weighted by Crippen LogP contribution is 2.30. The van der Waals surface area contributed by atoms with Gasteiger partial charge in [-0.15, -0.1) is 0 Å². The summed E-state index contributed by atoms with van der Waals surface area (Å²) in [5.41, 5.74) is 2.28. The van der Waals surface area contributed by atoms with Crippen molar-refractivity contribution in [3.8, 4) is 11.5 Å². The third-order valence-corrected chi connectivity index (χ3v) is 6.43. The monoisotopic (exact) mass is 554 g/mol. The number of carbonyl (C=O) groups excluding carboxylic acids is 3. The van der Waals surface area contributed by atoms with E-state index in [4.69, 9.17) is 21.1 Å². The fourth-order valence-electron chi connectivity index (χ4n) is 3.49. The van der Waals surface area contributed by atoms with Crippen LogP contribution in [-0.2, 0) is 16.2 Å². The van der Waals surface area contributed by atoms with Crippen LogP contribution >= 0.6 is 27.5 Å². The van der Waals surface area contributed by atoms with Crippen molar-refractivity contribution in [3.05, 3.63) is 92.4 Å². The Morgan fingerprint density at radius 2 is 1.86 bits per heavy atom. The number of nitrogens with zero attached hydrogens (tertiary/aromatic N) is 1. The van der Waals surface area contributed by atoms with E-state index in [1.165, 1.54) is 13.2 Å². The highest BCUT2D eigenvalue weighted by molar-refractivity contribution is 9.10. The molecule has 1 saturated heterocycles. The molecule has 0 bridgehead atoms. The molecule has 1 aliphatic heterocycles. The predicted molar refractivity (Wildman–Crippen MR) is 137 cm³/mol. The number of rotatable bonds is 6. The van der Waals surface area contributed by atoms with Crippen molar-refractivity contribution in [2.75, 3.05) is 12.0 Å². The van der Waals surface area contributed by atoms with Crippen molar-refractivity contribution in [2.45, 2.75) is 13.5 Å². The number of hydrogen-bond donors (Lipinski definition) is 1. The number of urea groups is 1. The van der Waals surface area contributed by atoms with Gasteiger partial charge < -0.3 is 9.47 Å². The summed E-state index contributed by atoms with van der Waals surface area (Å²) in [5.74, 6) is -0.603. The molecule has 1 N–H and O–H groups in total. The molecular weight excluding hydrogens is 536 g/mol. The molecule has 35 heavy (non-hydrogen) atoms. The van der Waals surface area contributed by atoms with Gasteiger partial charge in [-0.3, -0.25) is 14.9 Å². The number of nitrogens with one attached hydrogen (secondary N) is 1. The topological polar surface area (TPSA) is 84.9 Å². The number of carbonyl (C=O) groups is 3. The molecule has 4 amide bonds. The molecule has 178 valence electrons. The lowest BCUT2D eigenvalue weighted by Crippen LogP contribution is -2.54. The minimum absolute atomic E-state index is 0.201. The molecule has 0 atom stereocenters. The Hall–Kier alpha value is -3.62. The maximum absolute atomic E-state index is 13.3. The zero-order valence-corrected chi connectivity index (χ0v) is 21.1. The standard InChI is InChI=1S/C26H20BrClN2O5/c1-15-10-19(7-9-22(15)27)30-25(32)21(24(31)29-26(30)33)12-17-6-8-20(34-2)13-23(17)35-14-16-4-3-5-18(28)11-16/h3-13H,14H2,1-2H3,(H,29,31,33)/b21-12-. The van der Waals surface area contributed by atoms with Gasteiger partial charge in [-0.05, 0) is 66.6 Å². The van der Waals surface area contributed by atoms with Gasteiger partial charge >= 0.3 is 6.03 Å². The summed E-state index contributed by atoms with van der Waals surface area (Å²) in [6.45, 7) is 2.04. The van der Waals surface area contributed by atoms with Gasteiger partial charge in [0.2, 0.25) is 0 Å². The van der Waals surface area contributed by atoms with E-state index < -0.39 is 17.8 Å². The summed E-state index contributed by atoms with van der Waals surface area (Å²) < 4.78 is 12.1. The Balaban J connectivity index is 1.69. The second-order valence-electron chi connectivity index (χ2n) is 7.71. The molecule has 9 heteroatoms. The average molecular weight is 556 g/mol. The van der Waals surface area contributed by atoms with Crippen LogP contribution in [0.5, 0.6) is 11.5 Å². The molecule has 3 aromatic carbocycles. The molecule has 3 aromatic rings. The highest BCUT2D eigenvalue weighted by Gasteiger charge is 2.37. The Morgan fingerprint density at radius 3 is 2.57 bits per heavy atom. The minimum Gasteiger partial charge on any atom is -0.497 e. The van der Waals surface area contributed by atoms with Crippen LogP contribution in [0.4, 0.5) is 10.5 Å². The van der Waals surface area contributed by atoms with Crippen molar-refractivity contribution >= 4 is 57.1 Å². The normalized spacial score (nSPS) is 14.8. The van der Waals surface area contributed by atoms with Crippen molar-refractivity contribution in [3.63, 3.8) is 0 Å². The quantitative estimate of drug-likeness (QED) is 0.313. The first kappa shape index (κ1) is 24.5. The summed E-state index contributed by atoms with van der Waals surface area (Å²) in [6.07, 6.45) is 1.40. The van der Waals surface area contributed by atoms with Crippen LogP contribution in [0.25, 0.3) is 6.08 Å². The summed E-state index contributed by atoms with van der Waals surface area (Å²) >= 11 is 9.46. The van der Waals surface area contributed by atoms with Crippen LogP contribution in [0.1, 0.15) is 16.7 Å². The highest BCUT2D eigenvalue weighted by atomic mass is 79.9. The number of imide groups is 2. The van der Waals surface area contributed by atoms with E-state index in [-0.39, 0.29) is 12.2 Å². The zero-order valence-electron chi connectivity index (χ0n) is 18.8. The van der Waals surface area contributed by atoms with E-state index >= 15 is 0 Å². The molecule has 0 spiro atoms. The van der Waals surface area contributed by atoms with Gasteiger partial charge in [-0.25, -0.2) is 9.69 Å². The van der Waals surface area contributed by atoms with Crippen LogP contribution < -0.4 is 19.7 Å².